The number of nitrogens with one attached hydrogen (secondary N) is 1. The summed E-state index contributed by atoms with van der Waals surface area (Å²) in [7, 11) is 0. The molecule has 7 heteroatoms. The standard InChI is InChI=1S/C24H24N4O3/c1-16(2)31-23-12-11-18(14-25-23)19-9-6-10-21-20(19)15-28(26-21)22(24(29)27-30)13-17-7-4-3-5-8-17/h3-12,14-16,22,30H,13H2,1-2H3,(H,27,29). The van der Waals surface area contributed by atoms with Crippen molar-refractivity contribution in [3.05, 3.63) is 78.6 Å². The fourth-order valence-corrected chi connectivity index (χ4v) is 3.54. The lowest BCUT2D eigenvalue weighted by Crippen LogP contribution is -2.32. The smallest absolute Gasteiger partial charge is 0.268 e. The molecule has 1 atom stereocenters. The van der Waals surface area contributed by atoms with E-state index >= 15 is 0 Å². The molecule has 2 aromatic heterocycles. The van der Waals surface area contributed by atoms with Crippen LogP contribution in [0.5, 0.6) is 5.88 Å². The van der Waals surface area contributed by atoms with Crippen LogP contribution in [-0.4, -0.2) is 32.0 Å². The van der Waals surface area contributed by atoms with Crippen LogP contribution in [0.2, 0.25) is 0 Å². The van der Waals surface area contributed by atoms with E-state index in [4.69, 9.17) is 4.74 Å². The molecule has 0 saturated carbocycles. The molecule has 158 valence electrons. The Hall–Kier alpha value is -3.71. The molecule has 0 aliphatic rings. The highest BCUT2D eigenvalue weighted by Gasteiger charge is 2.22. The van der Waals surface area contributed by atoms with Crippen molar-refractivity contribution in [2.45, 2.75) is 32.4 Å². The van der Waals surface area contributed by atoms with Crippen LogP contribution in [0.25, 0.3) is 22.0 Å². The Morgan fingerprint density at radius 3 is 2.58 bits per heavy atom. The van der Waals surface area contributed by atoms with E-state index in [1.807, 2.05) is 80.7 Å². The second kappa shape index (κ2) is 8.97. The molecule has 0 bridgehead atoms. The molecule has 7 nitrogen and oxygen atoms in total. The second-order valence-electron chi connectivity index (χ2n) is 7.58. The number of aromatic nitrogens is 3. The van der Waals surface area contributed by atoms with E-state index < -0.39 is 11.9 Å². The largest absolute Gasteiger partial charge is 0.475 e. The minimum absolute atomic E-state index is 0.0548. The summed E-state index contributed by atoms with van der Waals surface area (Å²) in [5, 5.41) is 14.8. The van der Waals surface area contributed by atoms with Crippen LogP contribution in [0.3, 0.4) is 0 Å². The zero-order valence-electron chi connectivity index (χ0n) is 17.4. The third-order valence-corrected chi connectivity index (χ3v) is 4.98. The summed E-state index contributed by atoms with van der Waals surface area (Å²) in [4.78, 5) is 16.8. The number of fused-ring (bicyclic) bond motifs is 1. The van der Waals surface area contributed by atoms with E-state index in [-0.39, 0.29) is 6.10 Å². The maximum atomic E-state index is 12.4. The van der Waals surface area contributed by atoms with Crippen LogP contribution in [0.4, 0.5) is 0 Å². The molecule has 2 N–H and O–H groups in total. The first-order chi connectivity index (χ1) is 15.0. The van der Waals surface area contributed by atoms with Crippen LogP contribution >= 0.6 is 0 Å². The van der Waals surface area contributed by atoms with E-state index in [9.17, 15) is 10.0 Å². The maximum Gasteiger partial charge on any atom is 0.268 e. The van der Waals surface area contributed by atoms with Crippen molar-refractivity contribution in [1.82, 2.24) is 20.2 Å². The molecule has 2 heterocycles. The maximum absolute atomic E-state index is 12.4. The van der Waals surface area contributed by atoms with Gasteiger partial charge in [0.2, 0.25) is 5.88 Å². The minimum Gasteiger partial charge on any atom is -0.475 e. The molecule has 4 rings (SSSR count). The molecular weight excluding hydrogens is 392 g/mol. The van der Waals surface area contributed by atoms with Gasteiger partial charge >= 0.3 is 0 Å². The van der Waals surface area contributed by atoms with E-state index in [0.29, 0.717) is 12.3 Å². The Bertz CT molecular complexity index is 1170. The summed E-state index contributed by atoms with van der Waals surface area (Å²) in [6, 6.07) is 18.6. The lowest BCUT2D eigenvalue weighted by Gasteiger charge is -2.15. The highest BCUT2D eigenvalue weighted by molar-refractivity contribution is 5.94. The van der Waals surface area contributed by atoms with Gasteiger partial charge in [0.1, 0.15) is 6.04 Å². The first-order valence-corrected chi connectivity index (χ1v) is 10.1. The molecular formula is C24H24N4O3. The number of nitrogens with zero attached hydrogens (tertiary/aromatic N) is 3. The summed E-state index contributed by atoms with van der Waals surface area (Å²) < 4.78 is 7.24. The number of carbonyl (C=O) groups excluding carboxylic acids is 1. The molecule has 1 amide bonds. The predicted molar refractivity (Wildman–Crippen MR) is 118 cm³/mol. The Morgan fingerprint density at radius 1 is 1.10 bits per heavy atom. The van der Waals surface area contributed by atoms with E-state index in [0.717, 1.165) is 27.6 Å². The molecule has 4 aromatic rings. The Kier molecular flexibility index (Phi) is 5.95. The molecule has 0 spiro atoms. The number of benzene rings is 2. The van der Waals surface area contributed by atoms with Gasteiger partial charge in [-0.3, -0.25) is 14.7 Å². The van der Waals surface area contributed by atoms with Crippen LogP contribution in [0.1, 0.15) is 25.5 Å². The van der Waals surface area contributed by atoms with Crippen molar-refractivity contribution in [3.63, 3.8) is 0 Å². The van der Waals surface area contributed by atoms with Crippen molar-refractivity contribution in [1.29, 1.82) is 0 Å². The Labute approximate surface area is 180 Å². The zero-order chi connectivity index (χ0) is 21.8. The minimum atomic E-state index is -0.687. The summed E-state index contributed by atoms with van der Waals surface area (Å²) >= 11 is 0. The second-order valence-corrected chi connectivity index (χ2v) is 7.58. The summed E-state index contributed by atoms with van der Waals surface area (Å²) in [6.07, 6.45) is 4.07. The molecule has 0 saturated heterocycles. The monoisotopic (exact) mass is 416 g/mol. The van der Waals surface area contributed by atoms with Gasteiger partial charge in [-0.1, -0.05) is 42.5 Å². The summed E-state index contributed by atoms with van der Waals surface area (Å²) in [5.41, 5.74) is 5.38. The summed E-state index contributed by atoms with van der Waals surface area (Å²) in [6.45, 7) is 3.91. The Balaban J connectivity index is 1.71. The highest BCUT2D eigenvalue weighted by atomic mass is 16.5. The van der Waals surface area contributed by atoms with Crippen molar-refractivity contribution < 1.29 is 14.7 Å². The van der Waals surface area contributed by atoms with Crippen molar-refractivity contribution in [2.24, 2.45) is 0 Å². The number of ether oxygens (including phenoxy) is 1. The molecule has 0 aliphatic carbocycles. The number of hydrogen-bond donors (Lipinski definition) is 2. The predicted octanol–water partition coefficient (Wildman–Crippen LogP) is 4.17. The van der Waals surface area contributed by atoms with Crippen molar-refractivity contribution in [2.75, 3.05) is 0 Å². The van der Waals surface area contributed by atoms with Crippen molar-refractivity contribution >= 4 is 16.8 Å². The van der Waals surface area contributed by atoms with Gasteiger partial charge in [0, 0.05) is 35.8 Å². The van der Waals surface area contributed by atoms with Crippen LogP contribution in [-0.2, 0) is 11.2 Å². The first-order valence-electron chi connectivity index (χ1n) is 10.1. The van der Waals surface area contributed by atoms with Gasteiger partial charge in [-0.2, -0.15) is 5.10 Å². The molecule has 0 fully saturated rings. The van der Waals surface area contributed by atoms with Gasteiger partial charge in [-0.15, -0.1) is 0 Å². The summed E-state index contributed by atoms with van der Waals surface area (Å²) in [5.74, 6) is 0.0548. The van der Waals surface area contributed by atoms with E-state index in [2.05, 4.69) is 10.1 Å². The molecule has 2 aromatic carbocycles. The van der Waals surface area contributed by atoms with Crippen LogP contribution < -0.4 is 10.2 Å². The van der Waals surface area contributed by atoms with Gasteiger partial charge in [-0.05, 0) is 37.1 Å². The van der Waals surface area contributed by atoms with Gasteiger partial charge in [-0.25, -0.2) is 10.5 Å². The zero-order valence-corrected chi connectivity index (χ0v) is 17.4. The van der Waals surface area contributed by atoms with Crippen molar-refractivity contribution in [3.8, 4) is 17.0 Å². The lowest BCUT2D eigenvalue weighted by atomic mass is 10.0. The Morgan fingerprint density at radius 2 is 1.90 bits per heavy atom. The SMILES string of the molecule is CC(C)Oc1ccc(-c2cccc3nn(C(Cc4ccccc4)C(=O)NO)cc23)cn1. The van der Waals surface area contributed by atoms with Gasteiger partial charge < -0.3 is 4.74 Å². The third-order valence-electron chi connectivity index (χ3n) is 4.98. The molecule has 0 radical (unpaired) electrons. The van der Waals surface area contributed by atoms with Crippen LogP contribution in [0.15, 0.2) is 73.1 Å². The number of hydroxylamine groups is 1. The fraction of sp³-hybridized carbons (Fsp3) is 0.208. The average Bonchev–Trinajstić information content (AvgIpc) is 3.22. The normalized spacial score (nSPS) is 12.1. The molecule has 1 unspecified atom stereocenters. The lowest BCUT2D eigenvalue weighted by molar-refractivity contribution is -0.132. The third kappa shape index (κ3) is 4.57. The van der Waals surface area contributed by atoms with E-state index in [1.54, 1.807) is 16.4 Å². The number of pyridine rings is 1. The number of carbonyl (C=O) groups is 1. The topological polar surface area (TPSA) is 89.3 Å². The highest BCUT2D eigenvalue weighted by Crippen LogP contribution is 2.30. The average molecular weight is 416 g/mol. The number of amides is 1. The van der Waals surface area contributed by atoms with Crippen LogP contribution in [0, 0.1) is 0 Å². The number of rotatable bonds is 7. The molecule has 0 aliphatic heterocycles. The quantitative estimate of drug-likeness (QED) is 0.349. The first kappa shape index (κ1) is 20.6. The number of hydrogen-bond acceptors (Lipinski definition) is 5. The van der Waals surface area contributed by atoms with Gasteiger partial charge in [0.25, 0.3) is 5.91 Å². The van der Waals surface area contributed by atoms with Gasteiger partial charge in [0.05, 0.1) is 11.6 Å². The van der Waals surface area contributed by atoms with E-state index in [1.165, 1.54) is 0 Å². The molecule has 31 heavy (non-hydrogen) atoms. The van der Waals surface area contributed by atoms with Gasteiger partial charge in [0.15, 0.2) is 0 Å². The fourth-order valence-electron chi connectivity index (χ4n) is 3.54.